The van der Waals surface area contributed by atoms with Crippen LogP contribution in [0.15, 0.2) is 23.1 Å². The van der Waals surface area contributed by atoms with Crippen molar-refractivity contribution >= 4 is 10.0 Å². The predicted molar refractivity (Wildman–Crippen MR) is 74.3 cm³/mol. The van der Waals surface area contributed by atoms with Crippen LogP contribution in [0, 0.1) is 18.7 Å². The second-order valence-corrected chi connectivity index (χ2v) is 7.14. The second-order valence-electron chi connectivity index (χ2n) is 5.46. The molecule has 0 aromatic heterocycles. The topological polar surface area (TPSA) is 66.4 Å². The van der Waals surface area contributed by atoms with Crippen molar-refractivity contribution in [3.63, 3.8) is 0 Å². The molecule has 4 nitrogen and oxygen atoms in total. The number of sulfonamides is 1. The summed E-state index contributed by atoms with van der Waals surface area (Å²) < 4.78 is 40.9. The average Bonchev–Trinajstić information content (AvgIpc) is 2.35. The van der Waals surface area contributed by atoms with E-state index in [0.717, 1.165) is 6.07 Å². The van der Waals surface area contributed by atoms with Gasteiger partial charge < -0.3 is 5.11 Å². The predicted octanol–water partition coefficient (Wildman–Crippen LogP) is 1.96. The fraction of sp³-hybridized carbons (Fsp3) is 0.571. The van der Waals surface area contributed by atoms with Gasteiger partial charge in [-0.25, -0.2) is 17.5 Å². The van der Waals surface area contributed by atoms with Gasteiger partial charge in [-0.05, 0) is 49.8 Å². The SMILES string of the molecule is CC[C@H](NS(=O)(=O)c1cc(C)ccc1F)C1CC(O)C1. The molecule has 0 radical (unpaired) electrons. The molecule has 20 heavy (non-hydrogen) atoms. The Kier molecular flexibility index (Phi) is 4.46. The minimum Gasteiger partial charge on any atom is -0.393 e. The Labute approximate surface area is 119 Å². The van der Waals surface area contributed by atoms with Gasteiger partial charge in [-0.2, -0.15) is 0 Å². The van der Waals surface area contributed by atoms with E-state index < -0.39 is 15.8 Å². The number of aliphatic hydroxyl groups is 1. The van der Waals surface area contributed by atoms with E-state index >= 15 is 0 Å². The van der Waals surface area contributed by atoms with Crippen molar-refractivity contribution in [1.82, 2.24) is 4.72 Å². The Balaban J connectivity index is 2.19. The molecule has 0 heterocycles. The number of hydrogen-bond acceptors (Lipinski definition) is 3. The van der Waals surface area contributed by atoms with Gasteiger partial charge in [0, 0.05) is 6.04 Å². The van der Waals surface area contributed by atoms with Crippen LogP contribution in [0.1, 0.15) is 31.7 Å². The molecule has 1 aromatic carbocycles. The number of aryl methyl sites for hydroxylation is 1. The molecule has 1 atom stereocenters. The quantitative estimate of drug-likeness (QED) is 0.873. The molecule has 0 bridgehead atoms. The third-order valence-corrected chi connectivity index (χ3v) is 5.35. The Bertz CT molecular complexity index is 582. The average molecular weight is 301 g/mol. The zero-order chi connectivity index (χ0) is 14.9. The van der Waals surface area contributed by atoms with E-state index in [4.69, 9.17) is 0 Å². The smallest absolute Gasteiger partial charge is 0.243 e. The Morgan fingerprint density at radius 3 is 2.65 bits per heavy atom. The Hall–Kier alpha value is -0.980. The minimum absolute atomic E-state index is 0.123. The summed E-state index contributed by atoms with van der Waals surface area (Å²) in [6.07, 6.45) is 1.47. The van der Waals surface area contributed by atoms with Crippen molar-refractivity contribution in [3.05, 3.63) is 29.6 Å². The van der Waals surface area contributed by atoms with E-state index in [-0.39, 0.29) is 23.0 Å². The number of benzene rings is 1. The highest BCUT2D eigenvalue weighted by Gasteiger charge is 2.35. The molecule has 0 spiro atoms. The number of hydrogen-bond donors (Lipinski definition) is 2. The second kappa shape index (κ2) is 5.79. The van der Waals surface area contributed by atoms with Crippen LogP contribution >= 0.6 is 0 Å². The molecule has 1 aromatic rings. The van der Waals surface area contributed by atoms with Gasteiger partial charge >= 0.3 is 0 Å². The maximum Gasteiger partial charge on any atom is 0.243 e. The van der Waals surface area contributed by atoms with Gasteiger partial charge in [0.25, 0.3) is 0 Å². The van der Waals surface area contributed by atoms with Gasteiger partial charge in [0.15, 0.2) is 0 Å². The van der Waals surface area contributed by atoms with E-state index in [1.807, 2.05) is 6.92 Å². The van der Waals surface area contributed by atoms with Gasteiger partial charge in [-0.3, -0.25) is 0 Å². The van der Waals surface area contributed by atoms with Crippen LogP contribution in [0.2, 0.25) is 0 Å². The molecule has 2 rings (SSSR count). The van der Waals surface area contributed by atoms with Crippen molar-refractivity contribution in [1.29, 1.82) is 0 Å². The summed E-state index contributed by atoms with van der Waals surface area (Å²) in [6.45, 7) is 3.60. The van der Waals surface area contributed by atoms with Crippen LogP contribution in [0.5, 0.6) is 0 Å². The van der Waals surface area contributed by atoms with E-state index in [1.54, 1.807) is 6.92 Å². The summed E-state index contributed by atoms with van der Waals surface area (Å²) in [6, 6.07) is 3.77. The van der Waals surface area contributed by atoms with Crippen molar-refractivity contribution in [2.75, 3.05) is 0 Å². The van der Waals surface area contributed by atoms with Gasteiger partial charge in [0.05, 0.1) is 6.10 Å². The molecule has 0 unspecified atom stereocenters. The lowest BCUT2D eigenvalue weighted by Gasteiger charge is -2.37. The summed E-state index contributed by atoms with van der Waals surface area (Å²) in [4.78, 5) is -0.309. The summed E-state index contributed by atoms with van der Waals surface area (Å²) in [5, 5.41) is 9.32. The van der Waals surface area contributed by atoms with E-state index in [0.29, 0.717) is 24.8 Å². The van der Waals surface area contributed by atoms with Crippen LogP contribution in [-0.4, -0.2) is 25.7 Å². The molecule has 0 saturated heterocycles. The number of halogens is 1. The van der Waals surface area contributed by atoms with Crippen molar-refractivity contribution in [2.45, 2.75) is 50.2 Å². The lowest BCUT2D eigenvalue weighted by molar-refractivity contribution is 0.0277. The largest absolute Gasteiger partial charge is 0.393 e. The fourth-order valence-corrected chi connectivity index (χ4v) is 4.10. The standard InChI is InChI=1S/C14H20FNO3S/c1-3-13(10-7-11(17)8-10)16-20(18,19)14-6-9(2)4-5-12(14)15/h4-6,10-11,13,16-17H,3,7-8H2,1-2H3/t10?,11?,13-/m0/s1. The summed E-state index contributed by atoms with van der Waals surface area (Å²) in [5.74, 6) is -0.621. The third-order valence-electron chi connectivity index (χ3n) is 3.84. The zero-order valence-electron chi connectivity index (χ0n) is 11.6. The normalized spacial score (nSPS) is 24.2. The number of aliphatic hydroxyl groups excluding tert-OH is 1. The van der Waals surface area contributed by atoms with Crippen LogP contribution in [0.25, 0.3) is 0 Å². The first-order chi connectivity index (χ1) is 9.33. The molecule has 1 fully saturated rings. The Morgan fingerprint density at radius 1 is 1.45 bits per heavy atom. The molecule has 1 aliphatic carbocycles. The molecule has 6 heteroatoms. The lowest BCUT2D eigenvalue weighted by atomic mass is 9.77. The molecule has 2 N–H and O–H groups in total. The fourth-order valence-electron chi connectivity index (χ4n) is 2.55. The van der Waals surface area contributed by atoms with E-state index in [9.17, 15) is 17.9 Å². The van der Waals surface area contributed by atoms with Gasteiger partial charge in [0.1, 0.15) is 10.7 Å². The summed E-state index contributed by atoms with van der Waals surface area (Å²) >= 11 is 0. The molecule has 1 saturated carbocycles. The van der Waals surface area contributed by atoms with Gasteiger partial charge in [-0.15, -0.1) is 0 Å². The first-order valence-electron chi connectivity index (χ1n) is 6.80. The van der Waals surface area contributed by atoms with Gasteiger partial charge in [-0.1, -0.05) is 13.0 Å². The highest BCUT2D eigenvalue weighted by atomic mass is 32.2. The molecule has 1 aliphatic rings. The van der Waals surface area contributed by atoms with Gasteiger partial charge in [0.2, 0.25) is 10.0 Å². The summed E-state index contributed by atoms with van der Waals surface area (Å²) in [5.41, 5.74) is 0.693. The molecular formula is C14H20FNO3S. The van der Waals surface area contributed by atoms with Crippen LogP contribution in [0.3, 0.4) is 0 Å². The molecule has 112 valence electrons. The van der Waals surface area contributed by atoms with Crippen molar-refractivity contribution in [2.24, 2.45) is 5.92 Å². The number of rotatable bonds is 5. The van der Waals surface area contributed by atoms with E-state index in [2.05, 4.69) is 4.72 Å². The molecule has 0 amide bonds. The minimum atomic E-state index is -3.87. The monoisotopic (exact) mass is 301 g/mol. The third kappa shape index (κ3) is 3.19. The highest BCUT2D eigenvalue weighted by Crippen LogP contribution is 2.32. The van der Waals surface area contributed by atoms with Crippen molar-refractivity contribution in [3.8, 4) is 0 Å². The van der Waals surface area contributed by atoms with Crippen LogP contribution < -0.4 is 4.72 Å². The summed E-state index contributed by atoms with van der Waals surface area (Å²) in [7, 11) is -3.87. The van der Waals surface area contributed by atoms with Crippen molar-refractivity contribution < 1.29 is 17.9 Å². The lowest BCUT2D eigenvalue weighted by Crippen LogP contribution is -2.46. The molecule has 0 aliphatic heterocycles. The maximum atomic E-state index is 13.7. The zero-order valence-corrected chi connectivity index (χ0v) is 12.5. The highest BCUT2D eigenvalue weighted by molar-refractivity contribution is 7.89. The van der Waals surface area contributed by atoms with Crippen LogP contribution in [0.4, 0.5) is 4.39 Å². The number of nitrogens with one attached hydrogen (secondary N) is 1. The molecular weight excluding hydrogens is 281 g/mol. The van der Waals surface area contributed by atoms with E-state index in [1.165, 1.54) is 12.1 Å². The van der Waals surface area contributed by atoms with Crippen LogP contribution in [-0.2, 0) is 10.0 Å². The Morgan fingerprint density at radius 2 is 2.10 bits per heavy atom. The first kappa shape index (κ1) is 15.4. The maximum absolute atomic E-state index is 13.7. The first-order valence-corrected chi connectivity index (χ1v) is 8.28.